The van der Waals surface area contributed by atoms with Crippen molar-refractivity contribution < 1.29 is 23.5 Å². The molecule has 0 unspecified atom stereocenters. The number of fused-ring (bicyclic) bond motifs is 1. The summed E-state index contributed by atoms with van der Waals surface area (Å²) in [5.74, 6) is 0.345. The third kappa shape index (κ3) is 4.95. The van der Waals surface area contributed by atoms with Crippen molar-refractivity contribution in [1.82, 2.24) is 5.32 Å². The van der Waals surface area contributed by atoms with E-state index in [9.17, 15) is 14.0 Å². The maximum atomic E-state index is 13.0. The van der Waals surface area contributed by atoms with Crippen LogP contribution in [0, 0.1) is 5.82 Å². The average molecular weight is 358 g/mol. The van der Waals surface area contributed by atoms with Crippen LogP contribution in [0.4, 0.5) is 10.1 Å². The number of aryl methyl sites for hydroxylation is 1. The zero-order valence-electron chi connectivity index (χ0n) is 14.1. The Hall–Kier alpha value is -3.09. The lowest BCUT2D eigenvalue weighted by atomic mass is 10.0. The van der Waals surface area contributed by atoms with Crippen molar-refractivity contribution in [2.24, 2.45) is 0 Å². The zero-order valence-corrected chi connectivity index (χ0v) is 14.1. The molecule has 6 nitrogen and oxygen atoms in total. The standard InChI is InChI=1S/C19H19FN2O4/c20-14-2-1-3-15(11-14)25-9-8-21-19(24)12-26-16-5-6-17-13(10-16)4-7-18(23)22-17/h1-3,5-6,10-11H,4,7-9,12H2,(H,21,24)(H,22,23). The van der Waals surface area contributed by atoms with Crippen molar-refractivity contribution >= 4 is 17.5 Å². The molecule has 7 heteroatoms. The third-order valence-corrected chi connectivity index (χ3v) is 3.83. The molecule has 0 bridgehead atoms. The van der Waals surface area contributed by atoms with Crippen molar-refractivity contribution in [3.05, 3.63) is 53.8 Å². The summed E-state index contributed by atoms with van der Waals surface area (Å²) in [6.07, 6.45) is 1.10. The van der Waals surface area contributed by atoms with Crippen LogP contribution in [0.2, 0.25) is 0 Å². The predicted molar refractivity (Wildman–Crippen MR) is 93.8 cm³/mol. The molecule has 2 N–H and O–H groups in total. The topological polar surface area (TPSA) is 76.7 Å². The van der Waals surface area contributed by atoms with Gasteiger partial charge in [-0.15, -0.1) is 0 Å². The third-order valence-electron chi connectivity index (χ3n) is 3.83. The van der Waals surface area contributed by atoms with Gasteiger partial charge in [0.25, 0.3) is 5.91 Å². The highest BCUT2D eigenvalue weighted by atomic mass is 19.1. The molecule has 0 aromatic heterocycles. The van der Waals surface area contributed by atoms with Gasteiger partial charge in [0.1, 0.15) is 23.9 Å². The number of ether oxygens (including phenoxy) is 2. The lowest BCUT2D eigenvalue weighted by Crippen LogP contribution is -2.32. The van der Waals surface area contributed by atoms with Crippen LogP contribution in [-0.2, 0) is 16.0 Å². The van der Waals surface area contributed by atoms with Crippen molar-refractivity contribution in [1.29, 1.82) is 0 Å². The van der Waals surface area contributed by atoms with Gasteiger partial charge in [0.05, 0.1) is 6.54 Å². The molecule has 136 valence electrons. The van der Waals surface area contributed by atoms with E-state index >= 15 is 0 Å². The molecule has 1 aliphatic heterocycles. The van der Waals surface area contributed by atoms with Crippen LogP contribution in [0.5, 0.6) is 11.5 Å². The molecular weight excluding hydrogens is 339 g/mol. The fraction of sp³-hybridized carbons (Fsp3) is 0.263. The molecule has 1 heterocycles. The Morgan fingerprint density at radius 2 is 1.96 bits per heavy atom. The number of nitrogens with one attached hydrogen (secondary N) is 2. The van der Waals surface area contributed by atoms with Crippen molar-refractivity contribution in [2.75, 3.05) is 25.1 Å². The number of anilines is 1. The average Bonchev–Trinajstić information content (AvgIpc) is 2.63. The minimum atomic E-state index is -0.371. The number of rotatable bonds is 7. The highest BCUT2D eigenvalue weighted by molar-refractivity contribution is 5.94. The fourth-order valence-electron chi connectivity index (χ4n) is 2.57. The summed E-state index contributed by atoms with van der Waals surface area (Å²) in [5.41, 5.74) is 1.78. The maximum Gasteiger partial charge on any atom is 0.258 e. The lowest BCUT2D eigenvalue weighted by Gasteiger charge is -2.17. The van der Waals surface area contributed by atoms with E-state index in [0.29, 0.717) is 24.3 Å². The Labute approximate surface area is 150 Å². The molecule has 0 atom stereocenters. The molecule has 0 aliphatic carbocycles. The van der Waals surface area contributed by atoms with Crippen molar-refractivity contribution in [3.63, 3.8) is 0 Å². The number of hydrogen-bond donors (Lipinski definition) is 2. The molecule has 2 aromatic carbocycles. The van der Waals surface area contributed by atoms with Gasteiger partial charge in [0.2, 0.25) is 5.91 Å². The summed E-state index contributed by atoms with van der Waals surface area (Å²) in [4.78, 5) is 23.1. The van der Waals surface area contributed by atoms with Gasteiger partial charge in [0.15, 0.2) is 6.61 Å². The summed E-state index contributed by atoms with van der Waals surface area (Å²) in [6.45, 7) is 0.397. The summed E-state index contributed by atoms with van der Waals surface area (Å²) >= 11 is 0. The number of benzene rings is 2. The lowest BCUT2D eigenvalue weighted by molar-refractivity contribution is -0.123. The molecule has 2 amide bonds. The number of halogens is 1. The first-order chi connectivity index (χ1) is 12.6. The molecule has 1 aliphatic rings. The Morgan fingerprint density at radius 3 is 2.81 bits per heavy atom. The van der Waals surface area contributed by atoms with Gasteiger partial charge >= 0.3 is 0 Å². The molecule has 26 heavy (non-hydrogen) atoms. The van der Waals surface area contributed by atoms with Crippen LogP contribution in [0.25, 0.3) is 0 Å². The SMILES string of the molecule is O=C(COc1ccc2c(c1)CCC(=O)N2)NCCOc1cccc(F)c1. The molecule has 0 spiro atoms. The van der Waals surface area contributed by atoms with E-state index in [2.05, 4.69) is 10.6 Å². The molecule has 0 saturated carbocycles. The second-order valence-corrected chi connectivity index (χ2v) is 5.81. The Kier molecular flexibility index (Phi) is 5.68. The van der Waals surface area contributed by atoms with E-state index in [1.807, 2.05) is 6.07 Å². The Bertz CT molecular complexity index is 810. The molecular formula is C19H19FN2O4. The van der Waals surface area contributed by atoms with Crippen LogP contribution in [-0.4, -0.2) is 31.6 Å². The number of amides is 2. The van der Waals surface area contributed by atoms with Gasteiger partial charge in [0, 0.05) is 18.2 Å². The molecule has 2 aromatic rings. The van der Waals surface area contributed by atoms with Crippen LogP contribution in [0.15, 0.2) is 42.5 Å². The van der Waals surface area contributed by atoms with Gasteiger partial charge in [-0.05, 0) is 42.3 Å². The Balaban J connectivity index is 1.38. The van der Waals surface area contributed by atoms with E-state index in [4.69, 9.17) is 9.47 Å². The van der Waals surface area contributed by atoms with Gasteiger partial charge in [-0.3, -0.25) is 9.59 Å². The minimum absolute atomic E-state index is 0.00556. The first kappa shape index (κ1) is 17.7. The maximum absolute atomic E-state index is 13.0. The second-order valence-electron chi connectivity index (χ2n) is 5.81. The van der Waals surface area contributed by atoms with Crippen molar-refractivity contribution in [2.45, 2.75) is 12.8 Å². The number of carbonyl (C=O) groups is 2. The van der Waals surface area contributed by atoms with Gasteiger partial charge in [-0.25, -0.2) is 4.39 Å². The van der Waals surface area contributed by atoms with Crippen molar-refractivity contribution in [3.8, 4) is 11.5 Å². The summed E-state index contributed by atoms with van der Waals surface area (Å²) < 4.78 is 23.8. The van der Waals surface area contributed by atoms with Gasteiger partial charge < -0.3 is 20.1 Å². The minimum Gasteiger partial charge on any atom is -0.492 e. The van der Waals surface area contributed by atoms with Crippen LogP contribution in [0.1, 0.15) is 12.0 Å². The van der Waals surface area contributed by atoms with E-state index in [1.165, 1.54) is 12.1 Å². The smallest absolute Gasteiger partial charge is 0.258 e. The summed E-state index contributed by atoms with van der Waals surface area (Å²) in [6, 6.07) is 11.1. The normalized spacial score (nSPS) is 12.7. The largest absolute Gasteiger partial charge is 0.492 e. The quantitative estimate of drug-likeness (QED) is 0.745. The summed E-state index contributed by atoms with van der Waals surface area (Å²) in [7, 11) is 0. The van der Waals surface area contributed by atoms with Gasteiger partial charge in [-0.2, -0.15) is 0 Å². The second kappa shape index (κ2) is 8.33. The van der Waals surface area contributed by atoms with Crippen LogP contribution >= 0.6 is 0 Å². The Morgan fingerprint density at radius 1 is 1.12 bits per heavy atom. The molecule has 0 saturated heterocycles. The van der Waals surface area contributed by atoms with Crippen LogP contribution in [0.3, 0.4) is 0 Å². The fourth-order valence-corrected chi connectivity index (χ4v) is 2.57. The van der Waals surface area contributed by atoms with E-state index in [-0.39, 0.29) is 37.4 Å². The van der Waals surface area contributed by atoms with E-state index < -0.39 is 0 Å². The zero-order chi connectivity index (χ0) is 18.4. The summed E-state index contributed by atoms with van der Waals surface area (Å²) in [5, 5.41) is 5.46. The number of carbonyl (C=O) groups excluding carboxylic acids is 2. The first-order valence-corrected chi connectivity index (χ1v) is 8.31. The predicted octanol–water partition coefficient (Wildman–Crippen LogP) is 2.28. The molecule has 0 radical (unpaired) electrons. The molecule has 3 rings (SSSR count). The highest BCUT2D eigenvalue weighted by Gasteiger charge is 2.15. The number of hydrogen-bond acceptors (Lipinski definition) is 4. The first-order valence-electron chi connectivity index (χ1n) is 8.31. The van der Waals surface area contributed by atoms with Crippen LogP contribution < -0.4 is 20.1 Å². The van der Waals surface area contributed by atoms with E-state index in [1.54, 1.807) is 24.3 Å². The molecule has 0 fully saturated rings. The monoisotopic (exact) mass is 358 g/mol. The van der Waals surface area contributed by atoms with Gasteiger partial charge in [-0.1, -0.05) is 6.07 Å². The van der Waals surface area contributed by atoms with E-state index in [0.717, 1.165) is 11.3 Å². The highest BCUT2D eigenvalue weighted by Crippen LogP contribution is 2.26.